The van der Waals surface area contributed by atoms with Gasteiger partial charge < -0.3 is 9.80 Å². The Hall–Kier alpha value is -1.97. The first kappa shape index (κ1) is 20.9. The molecule has 0 bridgehead atoms. The molecule has 0 radical (unpaired) electrons. The van der Waals surface area contributed by atoms with Crippen molar-refractivity contribution < 1.29 is 17.6 Å². The molecule has 1 saturated carbocycles. The summed E-state index contributed by atoms with van der Waals surface area (Å²) in [4.78, 5) is 16.7. The summed E-state index contributed by atoms with van der Waals surface area (Å²) in [7, 11) is -3.72. The van der Waals surface area contributed by atoms with Crippen molar-refractivity contribution in [2.24, 2.45) is 5.92 Å². The zero-order chi connectivity index (χ0) is 21.8. The van der Waals surface area contributed by atoms with E-state index in [1.54, 1.807) is 23.1 Å². The number of sulfonamides is 1. The first-order valence-electron chi connectivity index (χ1n) is 10.5. The van der Waals surface area contributed by atoms with Crippen LogP contribution in [-0.4, -0.2) is 51.4 Å². The normalized spacial score (nSPS) is 19.5. The van der Waals surface area contributed by atoms with E-state index in [0.29, 0.717) is 37.2 Å². The summed E-state index contributed by atoms with van der Waals surface area (Å²) in [5.74, 6) is -0.0906. The van der Waals surface area contributed by atoms with Crippen molar-refractivity contribution in [1.29, 1.82) is 0 Å². The highest BCUT2D eigenvalue weighted by Crippen LogP contribution is 2.40. The molecule has 9 heteroatoms. The van der Waals surface area contributed by atoms with Gasteiger partial charge in [0.15, 0.2) is 0 Å². The van der Waals surface area contributed by atoms with E-state index in [4.69, 9.17) is 0 Å². The SMILES string of the molecule is O=C(C1CC1)N1CCc2cc(Br)c(S(=O)(=O)N3CCN(c4ccc(F)cc4)CC3)cc21. The molecule has 2 heterocycles. The highest BCUT2D eigenvalue weighted by Gasteiger charge is 2.38. The monoisotopic (exact) mass is 507 g/mol. The van der Waals surface area contributed by atoms with Gasteiger partial charge in [0.1, 0.15) is 5.82 Å². The Morgan fingerprint density at radius 2 is 1.68 bits per heavy atom. The van der Waals surface area contributed by atoms with E-state index >= 15 is 0 Å². The number of rotatable bonds is 4. The largest absolute Gasteiger partial charge is 0.369 e. The molecule has 0 aromatic heterocycles. The number of amides is 1. The van der Waals surface area contributed by atoms with Gasteiger partial charge in [-0.3, -0.25) is 4.79 Å². The molecule has 1 amide bonds. The fourth-order valence-electron chi connectivity index (χ4n) is 4.34. The third kappa shape index (κ3) is 3.87. The van der Waals surface area contributed by atoms with Crippen molar-refractivity contribution in [3.63, 3.8) is 0 Å². The van der Waals surface area contributed by atoms with Crippen LogP contribution in [0.3, 0.4) is 0 Å². The van der Waals surface area contributed by atoms with Gasteiger partial charge in [-0.1, -0.05) is 0 Å². The highest BCUT2D eigenvalue weighted by atomic mass is 79.9. The van der Waals surface area contributed by atoms with Gasteiger partial charge >= 0.3 is 0 Å². The summed E-state index contributed by atoms with van der Waals surface area (Å²) in [5, 5.41) is 0. The number of hydrogen-bond donors (Lipinski definition) is 0. The molecule has 2 aromatic rings. The van der Waals surface area contributed by atoms with Crippen LogP contribution < -0.4 is 9.80 Å². The van der Waals surface area contributed by atoms with Gasteiger partial charge in [-0.15, -0.1) is 0 Å². The molecular formula is C22H23BrFN3O3S. The molecular weight excluding hydrogens is 485 g/mol. The van der Waals surface area contributed by atoms with Gasteiger partial charge in [-0.2, -0.15) is 4.31 Å². The number of hydrogen-bond acceptors (Lipinski definition) is 4. The number of carbonyl (C=O) groups is 1. The van der Waals surface area contributed by atoms with Crippen molar-refractivity contribution in [2.45, 2.75) is 24.2 Å². The Morgan fingerprint density at radius 3 is 2.32 bits per heavy atom. The predicted molar refractivity (Wildman–Crippen MR) is 120 cm³/mol. The third-order valence-corrected chi connectivity index (χ3v) is 9.13. The lowest BCUT2D eigenvalue weighted by Gasteiger charge is -2.35. The summed E-state index contributed by atoms with van der Waals surface area (Å²) in [5.41, 5.74) is 2.61. The van der Waals surface area contributed by atoms with Gasteiger partial charge in [0.2, 0.25) is 15.9 Å². The maximum absolute atomic E-state index is 13.4. The topological polar surface area (TPSA) is 60.9 Å². The molecule has 0 unspecified atom stereocenters. The molecule has 1 saturated heterocycles. The molecule has 2 aliphatic heterocycles. The summed E-state index contributed by atoms with van der Waals surface area (Å²) < 4.78 is 42.1. The summed E-state index contributed by atoms with van der Waals surface area (Å²) in [6.45, 7) is 2.35. The number of fused-ring (bicyclic) bond motifs is 1. The fourth-order valence-corrected chi connectivity index (χ4v) is 6.84. The molecule has 5 rings (SSSR count). The molecule has 6 nitrogen and oxygen atoms in total. The van der Waals surface area contributed by atoms with Crippen LogP contribution in [0.25, 0.3) is 0 Å². The number of benzene rings is 2. The molecule has 164 valence electrons. The lowest BCUT2D eigenvalue weighted by atomic mass is 10.2. The number of anilines is 2. The average molecular weight is 508 g/mol. The molecule has 3 aliphatic rings. The van der Waals surface area contributed by atoms with Crippen LogP contribution in [-0.2, 0) is 21.2 Å². The van der Waals surface area contributed by atoms with Crippen molar-refractivity contribution in [3.8, 4) is 0 Å². The van der Waals surface area contributed by atoms with E-state index in [1.807, 2.05) is 6.07 Å². The maximum Gasteiger partial charge on any atom is 0.244 e. The van der Waals surface area contributed by atoms with E-state index in [2.05, 4.69) is 20.8 Å². The van der Waals surface area contributed by atoms with Crippen LogP contribution in [0, 0.1) is 11.7 Å². The Labute approximate surface area is 189 Å². The Morgan fingerprint density at radius 1 is 1.00 bits per heavy atom. The van der Waals surface area contributed by atoms with Crippen molar-refractivity contribution in [3.05, 3.63) is 52.3 Å². The van der Waals surface area contributed by atoms with E-state index in [0.717, 1.165) is 36.2 Å². The standard InChI is InChI=1S/C22H23BrFN3O3S/c23-19-13-16-7-8-27(22(28)15-1-2-15)20(16)14-21(19)31(29,30)26-11-9-25(10-12-26)18-5-3-17(24)4-6-18/h3-6,13-15H,1-2,7-12H2. The lowest BCUT2D eigenvalue weighted by Crippen LogP contribution is -2.48. The number of nitrogens with zero attached hydrogens (tertiary/aromatic N) is 3. The first-order valence-corrected chi connectivity index (χ1v) is 12.7. The Kier molecular flexibility index (Phi) is 5.30. The Bertz CT molecular complexity index is 1130. The maximum atomic E-state index is 13.4. The van der Waals surface area contributed by atoms with Crippen molar-refractivity contribution in [2.75, 3.05) is 42.5 Å². The number of halogens is 2. The Balaban J connectivity index is 1.37. The summed E-state index contributed by atoms with van der Waals surface area (Å²) in [6, 6.07) is 9.75. The summed E-state index contributed by atoms with van der Waals surface area (Å²) in [6.07, 6.45) is 2.58. The molecule has 31 heavy (non-hydrogen) atoms. The van der Waals surface area contributed by atoms with E-state index in [1.165, 1.54) is 16.4 Å². The minimum atomic E-state index is -3.72. The highest BCUT2D eigenvalue weighted by molar-refractivity contribution is 9.10. The van der Waals surface area contributed by atoms with Crippen LogP contribution in [0.4, 0.5) is 15.8 Å². The van der Waals surface area contributed by atoms with E-state index < -0.39 is 10.0 Å². The molecule has 2 fully saturated rings. The molecule has 0 atom stereocenters. The second-order valence-corrected chi connectivity index (χ2v) is 11.1. The van der Waals surface area contributed by atoms with Gasteiger partial charge in [0, 0.05) is 54.5 Å². The minimum Gasteiger partial charge on any atom is -0.369 e. The van der Waals surface area contributed by atoms with Crippen molar-refractivity contribution >= 4 is 43.2 Å². The van der Waals surface area contributed by atoms with E-state index in [-0.39, 0.29) is 22.5 Å². The first-order chi connectivity index (χ1) is 14.8. The van der Waals surface area contributed by atoms with Gasteiger partial charge in [0.05, 0.1) is 4.90 Å². The van der Waals surface area contributed by atoms with Crippen LogP contribution in [0.5, 0.6) is 0 Å². The van der Waals surface area contributed by atoms with Crippen molar-refractivity contribution in [1.82, 2.24) is 4.31 Å². The zero-order valence-corrected chi connectivity index (χ0v) is 19.3. The summed E-state index contributed by atoms with van der Waals surface area (Å²) >= 11 is 3.45. The number of carbonyl (C=O) groups excluding carboxylic acids is 1. The zero-order valence-electron chi connectivity index (χ0n) is 16.9. The van der Waals surface area contributed by atoms with E-state index in [9.17, 15) is 17.6 Å². The average Bonchev–Trinajstić information content (AvgIpc) is 3.53. The van der Waals surface area contributed by atoms with Crippen LogP contribution >= 0.6 is 15.9 Å². The predicted octanol–water partition coefficient (Wildman–Crippen LogP) is 3.40. The van der Waals surface area contributed by atoms with Crippen LogP contribution in [0.2, 0.25) is 0 Å². The third-order valence-electron chi connectivity index (χ3n) is 6.27. The van der Waals surface area contributed by atoms with Gasteiger partial charge in [-0.05, 0) is 77.2 Å². The second-order valence-electron chi connectivity index (χ2n) is 8.29. The fraction of sp³-hybridized carbons (Fsp3) is 0.409. The van der Waals surface area contributed by atoms with Crippen LogP contribution in [0.15, 0.2) is 45.8 Å². The molecule has 0 spiro atoms. The van der Waals surface area contributed by atoms with Crippen LogP contribution in [0.1, 0.15) is 18.4 Å². The lowest BCUT2D eigenvalue weighted by molar-refractivity contribution is -0.119. The van der Waals surface area contributed by atoms with Gasteiger partial charge in [-0.25, -0.2) is 12.8 Å². The quantitative estimate of drug-likeness (QED) is 0.636. The second kappa shape index (κ2) is 7.86. The molecule has 0 N–H and O–H groups in total. The minimum absolute atomic E-state index is 0.0918. The smallest absolute Gasteiger partial charge is 0.244 e. The molecule has 1 aliphatic carbocycles. The van der Waals surface area contributed by atoms with Gasteiger partial charge in [0.25, 0.3) is 0 Å². The molecule has 2 aromatic carbocycles. The number of piperazine rings is 1.